The van der Waals surface area contributed by atoms with Gasteiger partial charge in [-0.3, -0.25) is 14.5 Å². The van der Waals surface area contributed by atoms with E-state index >= 15 is 4.39 Å². The zero-order chi connectivity index (χ0) is 31.1. The summed E-state index contributed by atoms with van der Waals surface area (Å²) >= 11 is 0. The zero-order valence-electron chi connectivity index (χ0n) is 24.4. The summed E-state index contributed by atoms with van der Waals surface area (Å²) in [7, 11) is 1.98. The Bertz CT molecular complexity index is 1470. The number of aromatic amines is 1. The number of amides is 3. The topological polar surface area (TPSA) is 92.0 Å². The number of urea groups is 1. The van der Waals surface area contributed by atoms with Crippen LogP contribution in [0.5, 0.6) is 0 Å². The van der Waals surface area contributed by atoms with E-state index in [1.165, 1.54) is 12.1 Å². The Balaban J connectivity index is 1.52. The highest BCUT2D eigenvalue weighted by Gasteiger charge is 2.37. The lowest BCUT2D eigenvalue weighted by molar-refractivity contribution is -0.138. The minimum Gasteiger partial charge on any atom is -0.367 e. The van der Waals surface area contributed by atoms with Gasteiger partial charge in [-0.2, -0.15) is 13.2 Å². The average molecular weight is 605 g/mol. The number of nitrogens with zero attached hydrogens (tertiary/aromatic N) is 4. The molecule has 5 rings (SSSR count). The Morgan fingerprint density at radius 3 is 2.33 bits per heavy atom. The Kier molecular flexibility index (Phi) is 8.55. The summed E-state index contributed by atoms with van der Waals surface area (Å²) in [5.41, 5.74) is -1.95. The fourth-order valence-electron chi connectivity index (χ4n) is 6.07. The number of carbonyl (C=O) groups is 2. The number of halogens is 4. The van der Waals surface area contributed by atoms with Crippen LogP contribution in [0, 0.1) is 5.82 Å². The third-order valence-corrected chi connectivity index (χ3v) is 8.65. The number of piperazine rings is 1. The average Bonchev–Trinajstić information content (AvgIpc) is 3.50. The third kappa shape index (κ3) is 6.41. The van der Waals surface area contributed by atoms with Crippen molar-refractivity contribution < 1.29 is 27.2 Å². The van der Waals surface area contributed by atoms with Gasteiger partial charge in [-0.15, -0.1) is 0 Å². The second kappa shape index (κ2) is 12.0. The van der Waals surface area contributed by atoms with Crippen molar-refractivity contribution in [2.75, 3.05) is 56.5 Å². The molecule has 0 bridgehead atoms. The van der Waals surface area contributed by atoms with E-state index in [2.05, 4.69) is 15.2 Å². The lowest BCUT2D eigenvalue weighted by Gasteiger charge is -2.44. The lowest BCUT2D eigenvalue weighted by atomic mass is 9.98. The summed E-state index contributed by atoms with van der Waals surface area (Å²) in [5.74, 6) is -1.66. The number of carbonyl (C=O) groups excluding carboxylic acids is 2. The lowest BCUT2D eigenvalue weighted by Crippen LogP contribution is -2.55. The normalized spacial score (nSPS) is 21.7. The Morgan fingerprint density at radius 1 is 1.00 bits per heavy atom. The highest BCUT2D eigenvalue weighted by atomic mass is 19.4. The molecule has 2 saturated heterocycles. The first-order chi connectivity index (χ1) is 20.3. The fraction of sp³-hybridized carbons (Fsp3) is 0.500. The first-order valence-electron chi connectivity index (χ1n) is 14.5. The summed E-state index contributed by atoms with van der Waals surface area (Å²) in [6, 6.07) is 3.13. The van der Waals surface area contributed by atoms with E-state index in [-0.39, 0.29) is 35.9 Å². The maximum atomic E-state index is 15.9. The number of pyridine rings is 1. The van der Waals surface area contributed by atoms with Crippen LogP contribution >= 0.6 is 0 Å². The number of anilines is 2. The molecule has 9 nitrogen and oxygen atoms in total. The third-order valence-electron chi connectivity index (χ3n) is 8.65. The summed E-state index contributed by atoms with van der Waals surface area (Å²) in [6.07, 6.45) is 0.0275. The largest absolute Gasteiger partial charge is 0.417 e. The molecule has 1 aromatic heterocycles. The Hall–Kier alpha value is -3.87. The van der Waals surface area contributed by atoms with Crippen LogP contribution in [0.1, 0.15) is 54.6 Å². The summed E-state index contributed by atoms with van der Waals surface area (Å²) in [5, 5.41) is 2.58. The van der Waals surface area contributed by atoms with Crippen LogP contribution in [-0.4, -0.2) is 90.0 Å². The summed E-state index contributed by atoms with van der Waals surface area (Å²) in [6.45, 7) is 7.04. The van der Waals surface area contributed by atoms with Gasteiger partial charge in [-0.25, -0.2) is 9.18 Å². The molecule has 0 spiro atoms. The molecule has 2 fully saturated rings. The standard InChI is InChI=1S/C30H36F4N6O3/c1-18-15-40(16-19(2)37(18)3)26-13-24(31)21(20-7-6-10-39(17-20)29(43)38-8-4-5-9-38)11-25(26)36-28(42)22-14-35-27(41)12-23(22)30(32,33)34/h7,11-14,18-19H,4-6,8-10,15-17H2,1-3H3,(H,35,41)(H,36,42). The van der Waals surface area contributed by atoms with Crippen LogP contribution in [0.25, 0.3) is 5.57 Å². The van der Waals surface area contributed by atoms with Gasteiger partial charge in [0.2, 0.25) is 5.56 Å². The minimum absolute atomic E-state index is 0.0808. The summed E-state index contributed by atoms with van der Waals surface area (Å²) in [4.78, 5) is 47.7. The van der Waals surface area contributed by atoms with Crippen molar-refractivity contribution in [2.24, 2.45) is 0 Å². The highest BCUT2D eigenvalue weighted by molar-refractivity contribution is 6.07. The van der Waals surface area contributed by atoms with E-state index in [1.807, 2.05) is 31.9 Å². The molecule has 2 unspecified atom stereocenters. The maximum absolute atomic E-state index is 15.9. The first-order valence-corrected chi connectivity index (χ1v) is 14.5. The molecular weight excluding hydrogens is 568 g/mol. The summed E-state index contributed by atoms with van der Waals surface area (Å²) < 4.78 is 57.2. The number of rotatable bonds is 4. The van der Waals surface area contributed by atoms with Gasteiger partial charge in [0.15, 0.2) is 0 Å². The molecule has 2 N–H and O–H groups in total. The van der Waals surface area contributed by atoms with Gasteiger partial charge in [0.1, 0.15) is 5.82 Å². The van der Waals surface area contributed by atoms with Gasteiger partial charge < -0.3 is 25.0 Å². The van der Waals surface area contributed by atoms with Crippen LogP contribution in [0.15, 0.2) is 35.3 Å². The number of H-pyrrole nitrogens is 1. The van der Waals surface area contributed by atoms with Gasteiger partial charge >= 0.3 is 12.2 Å². The van der Waals surface area contributed by atoms with E-state index in [9.17, 15) is 27.6 Å². The molecule has 2 aromatic rings. The number of aromatic nitrogens is 1. The maximum Gasteiger partial charge on any atom is 0.417 e. The van der Waals surface area contributed by atoms with Crippen LogP contribution in [0.2, 0.25) is 0 Å². The van der Waals surface area contributed by atoms with Gasteiger partial charge in [0.05, 0.1) is 22.5 Å². The predicted molar refractivity (Wildman–Crippen MR) is 156 cm³/mol. The molecule has 1 aromatic carbocycles. The molecule has 3 aliphatic heterocycles. The first kappa shape index (κ1) is 30.6. The zero-order valence-corrected chi connectivity index (χ0v) is 24.4. The molecule has 0 aliphatic carbocycles. The van der Waals surface area contributed by atoms with Crippen LogP contribution < -0.4 is 15.8 Å². The van der Waals surface area contributed by atoms with Crippen molar-refractivity contribution >= 4 is 28.9 Å². The molecule has 0 saturated carbocycles. The van der Waals surface area contributed by atoms with Crippen LogP contribution in [0.4, 0.5) is 33.7 Å². The van der Waals surface area contributed by atoms with Gasteiger partial charge in [0.25, 0.3) is 5.91 Å². The highest BCUT2D eigenvalue weighted by Crippen LogP contribution is 2.37. The Labute approximate surface area is 247 Å². The van der Waals surface area contributed by atoms with Gasteiger partial charge in [-0.05, 0) is 57.9 Å². The molecule has 4 heterocycles. The number of hydrogen-bond acceptors (Lipinski definition) is 5. The van der Waals surface area contributed by atoms with E-state index in [0.717, 1.165) is 19.0 Å². The molecule has 13 heteroatoms. The molecule has 232 valence electrons. The van der Waals surface area contributed by atoms with Crippen LogP contribution in [-0.2, 0) is 6.18 Å². The molecule has 2 atom stereocenters. The molecule has 43 heavy (non-hydrogen) atoms. The number of hydrogen-bond donors (Lipinski definition) is 2. The van der Waals surface area contributed by atoms with Crippen molar-refractivity contribution in [3.63, 3.8) is 0 Å². The monoisotopic (exact) mass is 604 g/mol. The minimum atomic E-state index is -4.95. The second-order valence-electron chi connectivity index (χ2n) is 11.6. The fourth-order valence-corrected chi connectivity index (χ4v) is 6.07. The number of likely N-dealkylation sites (N-methyl/N-ethyl adjacent to an activating group) is 1. The van der Waals surface area contributed by atoms with Gasteiger partial charge in [0, 0.05) is 69.2 Å². The van der Waals surface area contributed by atoms with Crippen molar-refractivity contribution in [1.29, 1.82) is 0 Å². The smallest absolute Gasteiger partial charge is 0.367 e. The van der Waals surface area contributed by atoms with Crippen molar-refractivity contribution in [3.05, 3.63) is 63.3 Å². The number of benzene rings is 1. The number of alkyl halides is 3. The van der Waals surface area contributed by atoms with E-state index in [4.69, 9.17) is 0 Å². The van der Waals surface area contributed by atoms with Crippen molar-refractivity contribution in [2.45, 2.75) is 51.4 Å². The second-order valence-corrected chi connectivity index (χ2v) is 11.6. The van der Waals surface area contributed by atoms with E-state index < -0.39 is 34.6 Å². The Morgan fingerprint density at radius 2 is 1.67 bits per heavy atom. The van der Waals surface area contributed by atoms with Gasteiger partial charge in [-0.1, -0.05) is 6.08 Å². The molecular formula is C30H36F4N6O3. The molecule has 3 aliphatic rings. The van der Waals surface area contributed by atoms with Crippen LogP contribution in [0.3, 0.4) is 0 Å². The molecule has 3 amide bonds. The molecule has 0 radical (unpaired) electrons. The van der Waals surface area contributed by atoms with Crippen molar-refractivity contribution in [3.8, 4) is 0 Å². The number of likely N-dealkylation sites (tertiary alicyclic amines) is 1. The predicted octanol–water partition coefficient (Wildman–Crippen LogP) is 4.62. The SMILES string of the molecule is CC1CN(c2cc(F)c(C3=CCCN(C(=O)N4CCCC4)C3)cc2NC(=O)c2c[nH]c(=O)cc2C(F)(F)F)CC(C)N1C. The quantitative estimate of drug-likeness (QED) is 0.498. The van der Waals surface area contributed by atoms with Crippen molar-refractivity contribution in [1.82, 2.24) is 19.7 Å². The number of nitrogens with one attached hydrogen (secondary N) is 2. The van der Waals surface area contributed by atoms with E-state index in [1.54, 1.807) is 9.80 Å². The van der Waals surface area contributed by atoms with E-state index in [0.29, 0.717) is 56.5 Å².